The number of aryl methyl sites for hydroxylation is 1. The van der Waals surface area contributed by atoms with Crippen LogP contribution in [-0.2, 0) is 13.6 Å². The van der Waals surface area contributed by atoms with Crippen molar-refractivity contribution in [3.8, 4) is 0 Å². The molecule has 9 heteroatoms. The predicted octanol–water partition coefficient (Wildman–Crippen LogP) is 1.55. The van der Waals surface area contributed by atoms with Gasteiger partial charge in [-0.2, -0.15) is 5.10 Å². The first-order chi connectivity index (χ1) is 15.0. The Bertz CT molecular complexity index is 823. The summed E-state index contributed by atoms with van der Waals surface area (Å²) in [6.45, 7) is 11.2. The lowest BCUT2D eigenvalue weighted by atomic mass is 10.1. The van der Waals surface area contributed by atoms with Crippen molar-refractivity contribution in [2.45, 2.75) is 32.7 Å². The van der Waals surface area contributed by atoms with E-state index < -0.39 is 0 Å². The lowest BCUT2D eigenvalue weighted by Crippen LogP contribution is -2.47. The third-order valence-electron chi connectivity index (χ3n) is 5.61. The molecule has 2 aromatic heterocycles. The summed E-state index contributed by atoms with van der Waals surface area (Å²) >= 11 is 0. The van der Waals surface area contributed by atoms with Gasteiger partial charge in [-0.25, -0.2) is 9.97 Å². The van der Waals surface area contributed by atoms with Crippen LogP contribution in [0.4, 0.5) is 5.95 Å². The highest BCUT2D eigenvalue weighted by Crippen LogP contribution is 2.18. The first-order valence-corrected chi connectivity index (χ1v) is 11.2. The van der Waals surface area contributed by atoms with Crippen molar-refractivity contribution in [3.05, 3.63) is 35.9 Å². The van der Waals surface area contributed by atoms with Gasteiger partial charge >= 0.3 is 0 Å². The van der Waals surface area contributed by atoms with Crippen molar-refractivity contribution in [3.63, 3.8) is 0 Å². The number of aliphatic imine (C=N–C) groups is 1. The highest BCUT2D eigenvalue weighted by Gasteiger charge is 2.18. The summed E-state index contributed by atoms with van der Waals surface area (Å²) in [6.07, 6.45) is 6.81. The number of guanidine groups is 1. The Morgan fingerprint density at radius 2 is 1.90 bits per heavy atom. The van der Waals surface area contributed by atoms with E-state index in [4.69, 9.17) is 0 Å². The quantitative estimate of drug-likeness (QED) is 0.389. The van der Waals surface area contributed by atoms with Crippen LogP contribution >= 0.6 is 0 Å². The minimum absolute atomic E-state index is 0.411. The Labute approximate surface area is 186 Å². The maximum Gasteiger partial charge on any atom is 0.225 e. The highest BCUT2D eigenvalue weighted by molar-refractivity contribution is 5.79. The highest BCUT2D eigenvalue weighted by atomic mass is 15.3. The van der Waals surface area contributed by atoms with Crippen LogP contribution in [0.2, 0.25) is 0 Å². The third-order valence-corrected chi connectivity index (χ3v) is 5.61. The van der Waals surface area contributed by atoms with Crippen LogP contribution in [0.15, 0.2) is 29.6 Å². The Balaban J connectivity index is 1.39. The van der Waals surface area contributed by atoms with E-state index in [0.29, 0.717) is 5.92 Å². The zero-order chi connectivity index (χ0) is 22.2. The fraction of sp³-hybridized carbons (Fsp3) is 0.636. The molecule has 0 amide bonds. The normalized spacial score (nSPS) is 15.5. The molecule has 0 aromatic carbocycles. The molecule has 1 N–H and O–H groups in total. The molecule has 0 unspecified atom stereocenters. The molecular formula is C22H37N9. The van der Waals surface area contributed by atoms with E-state index in [-0.39, 0.29) is 0 Å². The van der Waals surface area contributed by atoms with Gasteiger partial charge < -0.3 is 15.1 Å². The lowest BCUT2D eigenvalue weighted by Gasteiger charge is -2.34. The van der Waals surface area contributed by atoms with Gasteiger partial charge in [0, 0.05) is 84.6 Å². The number of anilines is 1. The first kappa shape index (κ1) is 23.0. The van der Waals surface area contributed by atoms with Crippen molar-refractivity contribution < 1.29 is 0 Å². The number of hydrogen-bond donors (Lipinski definition) is 1. The second-order valence-corrected chi connectivity index (χ2v) is 8.43. The molecule has 1 aliphatic rings. The second-order valence-electron chi connectivity index (χ2n) is 8.43. The molecule has 2 aromatic rings. The van der Waals surface area contributed by atoms with Gasteiger partial charge in [-0.05, 0) is 24.9 Å². The Morgan fingerprint density at radius 3 is 2.55 bits per heavy atom. The molecular weight excluding hydrogens is 390 g/mol. The lowest BCUT2D eigenvalue weighted by molar-refractivity contribution is 0.254. The summed E-state index contributed by atoms with van der Waals surface area (Å²) in [5, 5.41) is 8.12. The average molecular weight is 428 g/mol. The van der Waals surface area contributed by atoms with E-state index in [0.717, 1.165) is 69.8 Å². The first-order valence-electron chi connectivity index (χ1n) is 11.2. The molecule has 1 saturated heterocycles. The average Bonchev–Trinajstić information content (AvgIpc) is 3.15. The van der Waals surface area contributed by atoms with Crippen molar-refractivity contribution in [1.82, 2.24) is 34.9 Å². The van der Waals surface area contributed by atoms with E-state index in [1.165, 1.54) is 5.56 Å². The van der Waals surface area contributed by atoms with Gasteiger partial charge in [0.15, 0.2) is 5.96 Å². The molecule has 9 nitrogen and oxygen atoms in total. The molecule has 3 heterocycles. The van der Waals surface area contributed by atoms with Gasteiger partial charge in [-0.15, -0.1) is 0 Å². The standard InChI is InChI=1S/C22H37N9/c1-18(2)20-19(17-29(5)27-20)16-28(4)21(23-3)24-10-7-11-30-12-14-31(15-13-30)22-25-8-6-9-26-22/h6,8-9,17-18H,7,10-16H2,1-5H3,(H,23,24). The summed E-state index contributed by atoms with van der Waals surface area (Å²) < 4.78 is 1.90. The van der Waals surface area contributed by atoms with E-state index in [1.54, 1.807) is 0 Å². The van der Waals surface area contributed by atoms with Gasteiger partial charge in [0.1, 0.15) is 0 Å². The summed E-state index contributed by atoms with van der Waals surface area (Å²) in [7, 11) is 5.91. The Kier molecular flexibility index (Phi) is 8.22. The van der Waals surface area contributed by atoms with Crippen molar-refractivity contribution in [1.29, 1.82) is 0 Å². The Morgan fingerprint density at radius 1 is 1.19 bits per heavy atom. The van der Waals surface area contributed by atoms with Crippen LogP contribution in [0, 0.1) is 0 Å². The fourth-order valence-electron chi connectivity index (χ4n) is 4.01. The van der Waals surface area contributed by atoms with E-state index in [2.05, 4.69) is 67.2 Å². The van der Waals surface area contributed by atoms with E-state index in [1.807, 2.05) is 37.2 Å². The van der Waals surface area contributed by atoms with Crippen LogP contribution in [0.1, 0.15) is 37.4 Å². The van der Waals surface area contributed by atoms with E-state index >= 15 is 0 Å². The van der Waals surface area contributed by atoms with Gasteiger partial charge in [0.2, 0.25) is 5.95 Å². The Hall–Kier alpha value is -2.68. The second kappa shape index (κ2) is 11.1. The molecule has 1 aliphatic heterocycles. The maximum absolute atomic E-state index is 4.61. The number of nitrogens with one attached hydrogen (secondary N) is 1. The van der Waals surface area contributed by atoms with Crippen molar-refractivity contribution in [2.24, 2.45) is 12.0 Å². The maximum atomic E-state index is 4.61. The van der Waals surface area contributed by atoms with Crippen LogP contribution in [0.3, 0.4) is 0 Å². The summed E-state index contributed by atoms with van der Waals surface area (Å²) in [5.74, 6) is 2.17. The number of piperazine rings is 1. The van der Waals surface area contributed by atoms with Gasteiger partial charge in [-0.3, -0.25) is 14.6 Å². The number of rotatable bonds is 8. The van der Waals surface area contributed by atoms with Gasteiger partial charge in [0.05, 0.1) is 5.69 Å². The topological polar surface area (TPSA) is 77.7 Å². The summed E-state index contributed by atoms with van der Waals surface area (Å²) in [5.41, 5.74) is 2.41. The predicted molar refractivity (Wildman–Crippen MR) is 125 cm³/mol. The molecule has 31 heavy (non-hydrogen) atoms. The third kappa shape index (κ3) is 6.40. The molecule has 0 bridgehead atoms. The molecule has 0 saturated carbocycles. The number of hydrogen-bond acceptors (Lipinski definition) is 6. The van der Waals surface area contributed by atoms with Crippen molar-refractivity contribution >= 4 is 11.9 Å². The zero-order valence-electron chi connectivity index (χ0n) is 19.6. The van der Waals surface area contributed by atoms with Crippen molar-refractivity contribution in [2.75, 3.05) is 58.3 Å². The zero-order valence-corrected chi connectivity index (χ0v) is 19.6. The molecule has 0 atom stereocenters. The SMILES string of the molecule is CN=C(NCCCN1CCN(c2ncccn2)CC1)N(C)Cc1cn(C)nc1C(C)C. The van der Waals surface area contributed by atoms with E-state index in [9.17, 15) is 0 Å². The molecule has 170 valence electrons. The molecule has 1 fully saturated rings. The molecule has 0 radical (unpaired) electrons. The minimum atomic E-state index is 0.411. The summed E-state index contributed by atoms with van der Waals surface area (Å²) in [4.78, 5) is 20.1. The van der Waals surface area contributed by atoms with Gasteiger partial charge in [0.25, 0.3) is 0 Å². The van der Waals surface area contributed by atoms with Crippen LogP contribution < -0.4 is 10.2 Å². The van der Waals surface area contributed by atoms with Crippen LogP contribution in [-0.4, -0.2) is 88.9 Å². The fourth-order valence-corrected chi connectivity index (χ4v) is 4.01. The number of aromatic nitrogens is 4. The largest absolute Gasteiger partial charge is 0.356 e. The molecule has 3 rings (SSSR count). The van der Waals surface area contributed by atoms with Gasteiger partial charge in [-0.1, -0.05) is 13.8 Å². The summed E-state index contributed by atoms with van der Waals surface area (Å²) in [6, 6.07) is 1.86. The molecule has 0 aliphatic carbocycles. The number of nitrogens with zero attached hydrogens (tertiary/aromatic N) is 8. The minimum Gasteiger partial charge on any atom is -0.356 e. The van der Waals surface area contributed by atoms with Crippen LogP contribution in [0.5, 0.6) is 0 Å². The smallest absolute Gasteiger partial charge is 0.225 e. The van der Waals surface area contributed by atoms with Crippen LogP contribution in [0.25, 0.3) is 0 Å². The monoisotopic (exact) mass is 427 g/mol. The molecule has 0 spiro atoms.